The van der Waals surface area contributed by atoms with Crippen molar-refractivity contribution in [1.29, 1.82) is 0 Å². The second-order valence-corrected chi connectivity index (χ2v) is 7.81. The van der Waals surface area contributed by atoms with Crippen LogP contribution in [-0.4, -0.2) is 26.9 Å². The van der Waals surface area contributed by atoms with E-state index in [2.05, 4.69) is 10.0 Å². The Morgan fingerprint density at radius 3 is 2.43 bits per heavy atom. The monoisotopic (exact) mass is 338 g/mol. The zero-order valence-electron chi connectivity index (χ0n) is 13.7. The maximum Gasteiger partial charge on any atom is 0.240 e. The van der Waals surface area contributed by atoms with Gasteiger partial charge in [0.2, 0.25) is 15.9 Å². The highest BCUT2D eigenvalue weighted by atomic mass is 32.2. The second-order valence-electron chi connectivity index (χ2n) is 6.10. The molecule has 0 atom stereocenters. The molecule has 1 aromatic rings. The first-order chi connectivity index (χ1) is 11.0. The lowest BCUT2D eigenvalue weighted by atomic mass is 10.1. The minimum Gasteiger partial charge on any atom is -0.356 e. The first kappa shape index (κ1) is 17.9. The molecule has 5 nitrogen and oxygen atoms in total. The Morgan fingerprint density at radius 1 is 1.17 bits per heavy atom. The fraction of sp³-hybridized carbons (Fsp3) is 0.588. The van der Waals surface area contributed by atoms with Gasteiger partial charge in [-0.15, -0.1) is 0 Å². The molecule has 0 spiro atoms. The van der Waals surface area contributed by atoms with Gasteiger partial charge in [-0.25, -0.2) is 13.1 Å². The lowest BCUT2D eigenvalue weighted by Gasteiger charge is -2.13. The SMILES string of the molecule is CCCC(=O)NCCc1ccc(S(=O)(=O)NC2CCCC2)cc1. The van der Waals surface area contributed by atoms with E-state index in [1.807, 2.05) is 19.1 Å². The van der Waals surface area contributed by atoms with Gasteiger partial charge in [-0.3, -0.25) is 4.79 Å². The van der Waals surface area contributed by atoms with Crippen molar-refractivity contribution in [1.82, 2.24) is 10.0 Å². The van der Waals surface area contributed by atoms with Crippen molar-refractivity contribution in [3.63, 3.8) is 0 Å². The summed E-state index contributed by atoms with van der Waals surface area (Å²) in [5.74, 6) is 0.0625. The van der Waals surface area contributed by atoms with Crippen LogP contribution >= 0.6 is 0 Å². The summed E-state index contributed by atoms with van der Waals surface area (Å²) < 4.78 is 27.4. The van der Waals surface area contributed by atoms with E-state index in [0.717, 1.165) is 37.7 Å². The Labute approximate surface area is 138 Å². The molecule has 0 bridgehead atoms. The van der Waals surface area contributed by atoms with Crippen LogP contribution in [0.15, 0.2) is 29.2 Å². The number of hydrogen-bond acceptors (Lipinski definition) is 3. The van der Waals surface area contributed by atoms with E-state index in [9.17, 15) is 13.2 Å². The Bertz CT molecular complexity index is 605. The van der Waals surface area contributed by atoms with Gasteiger partial charge in [-0.05, 0) is 43.4 Å². The average Bonchev–Trinajstić information content (AvgIpc) is 3.00. The Balaban J connectivity index is 1.87. The van der Waals surface area contributed by atoms with Gasteiger partial charge >= 0.3 is 0 Å². The van der Waals surface area contributed by atoms with Crippen LogP contribution < -0.4 is 10.0 Å². The molecule has 1 saturated carbocycles. The molecule has 6 heteroatoms. The van der Waals surface area contributed by atoms with Crippen LogP contribution in [0.4, 0.5) is 0 Å². The molecule has 2 rings (SSSR count). The molecule has 0 radical (unpaired) electrons. The third-order valence-corrected chi connectivity index (χ3v) is 5.66. The topological polar surface area (TPSA) is 75.3 Å². The van der Waals surface area contributed by atoms with E-state index < -0.39 is 10.0 Å². The summed E-state index contributed by atoms with van der Waals surface area (Å²) in [7, 11) is -3.42. The van der Waals surface area contributed by atoms with E-state index >= 15 is 0 Å². The predicted molar refractivity (Wildman–Crippen MR) is 90.6 cm³/mol. The van der Waals surface area contributed by atoms with Crippen molar-refractivity contribution in [3.8, 4) is 0 Å². The smallest absolute Gasteiger partial charge is 0.240 e. The van der Waals surface area contributed by atoms with Crippen LogP contribution in [0.5, 0.6) is 0 Å². The molecular weight excluding hydrogens is 312 g/mol. The Kier molecular flexibility index (Phi) is 6.59. The van der Waals surface area contributed by atoms with Crippen LogP contribution in [0.25, 0.3) is 0 Å². The highest BCUT2D eigenvalue weighted by Crippen LogP contribution is 2.20. The molecule has 1 aliphatic rings. The van der Waals surface area contributed by atoms with Crippen molar-refractivity contribution in [3.05, 3.63) is 29.8 Å². The number of carbonyl (C=O) groups excluding carboxylic acids is 1. The van der Waals surface area contributed by atoms with Gasteiger partial charge in [0.05, 0.1) is 4.90 Å². The number of nitrogens with one attached hydrogen (secondary N) is 2. The molecule has 0 heterocycles. The van der Waals surface area contributed by atoms with Gasteiger partial charge in [0, 0.05) is 19.0 Å². The standard InChI is InChI=1S/C17H26N2O3S/c1-2-5-17(20)18-13-12-14-8-10-16(11-9-14)23(21,22)19-15-6-3-4-7-15/h8-11,15,19H,2-7,12-13H2,1H3,(H,18,20). The van der Waals surface area contributed by atoms with E-state index in [1.165, 1.54) is 0 Å². The minimum absolute atomic E-state index is 0.0625. The van der Waals surface area contributed by atoms with Crippen LogP contribution in [0, 0.1) is 0 Å². The molecule has 0 aromatic heterocycles. The normalized spacial score (nSPS) is 15.7. The molecule has 2 N–H and O–H groups in total. The van der Waals surface area contributed by atoms with Crippen LogP contribution in [0.1, 0.15) is 51.0 Å². The van der Waals surface area contributed by atoms with E-state index in [0.29, 0.717) is 24.3 Å². The maximum absolute atomic E-state index is 12.3. The van der Waals surface area contributed by atoms with Gasteiger partial charge in [-0.2, -0.15) is 0 Å². The summed E-state index contributed by atoms with van der Waals surface area (Å²) >= 11 is 0. The minimum atomic E-state index is -3.42. The first-order valence-corrected chi connectivity index (χ1v) is 9.87. The molecule has 1 aromatic carbocycles. The summed E-state index contributed by atoms with van der Waals surface area (Å²) in [6.45, 7) is 2.55. The summed E-state index contributed by atoms with van der Waals surface area (Å²) in [5.41, 5.74) is 1.02. The van der Waals surface area contributed by atoms with Crippen LogP contribution in [0.3, 0.4) is 0 Å². The summed E-state index contributed by atoms with van der Waals surface area (Å²) in [5, 5.41) is 2.86. The molecule has 128 valence electrons. The Hall–Kier alpha value is -1.40. The quantitative estimate of drug-likeness (QED) is 0.764. The van der Waals surface area contributed by atoms with Crippen LogP contribution in [0.2, 0.25) is 0 Å². The molecule has 0 aliphatic heterocycles. The molecule has 1 aliphatic carbocycles. The van der Waals surface area contributed by atoms with E-state index in [-0.39, 0.29) is 11.9 Å². The van der Waals surface area contributed by atoms with Crippen molar-refractivity contribution >= 4 is 15.9 Å². The second kappa shape index (κ2) is 8.45. The van der Waals surface area contributed by atoms with Gasteiger partial charge in [0.15, 0.2) is 0 Å². The van der Waals surface area contributed by atoms with Crippen molar-refractivity contribution in [2.24, 2.45) is 0 Å². The zero-order chi connectivity index (χ0) is 16.7. The lowest BCUT2D eigenvalue weighted by molar-refractivity contribution is -0.121. The van der Waals surface area contributed by atoms with Gasteiger partial charge < -0.3 is 5.32 Å². The number of rotatable bonds is 8. The largest absolute Gasteiger partial charge is 0.356 e. The summed E-state index contributed by atoms with van der Waals surface area (Å²) in [4.78, 5) is 11.7. The van der Waals surface area contributed by atoms with Gasteiger partial charge in [0.25, 0.3) is 0 Å². The number of hydrogen-bond donors (Lipinski definition) is 2. The Morgan fingerprint density at radius 2 is 1.83 bits per heavy atom. The number of carbonyl (C=O) groups is 1. The average molecular weight is 338 g/mol. The summed E-state index contributed by atoms with van der Waals surface area (Å²) in [6, 6.07) is 6.99. The molecule has 0 unspecified atom stereocenters. The highest BCUT2D eigenvalue weighted by Gasteiger charge is 2.22. The maximum atomic E-state index is 12.3. The number of benzene rings is 1. The lowest BCUT2D eigenvalue weighted by Crippen LogP contribution is -2.32. The first-order valence-electron chi connectivity index (χ1n) is 8.39. The predicted octanol–water partition coefficient (Wildman–Crippen LogP) is 2.37. The third-order valence-electron chi connectivity index (χ3n) is 4.12. The number of sulfonamides is 1. The van der Waals surface area contributed by atoms with Crippen molar-refractivity contribution in [2.45, 2.75) is 62.8 Å². The zero-order valence-corrected chi connectivity index (χ0v) is 14.5. The fourth-order valence-electron chi connectivity index (χ4n) is 2.83. The summed E-state index contributed by atoms with van der Waals surface area (Å²) in [6.07, 6.45) is 6.12. The van der Waals surface area contributed by atoms with Crippen molar-refractivity contribution in [2.75, 3.05) is 6.54 Å². The molecule has 1 amide bonds. The molecule has 0 saturated heterocycles. The van der Waals surface area contributed by atoms with Gasteiger partial charge in [0.1, 0.15) is 0 Å². The van der Waals surface area contributed by atoms with E-state index in [4.69, 9.17) is 0 Å². The molecular formula is C17H26N2O3S. The fourth-order valence-corrected chi connectivity index (χ4v) is 4.13. The highest BCUT2D eigenvalue weighted by molar-refractivity contribution is 7.89. The van der Waals surface area contributed by atoms with E-state index in [1.54, 1.807) is 12.1 Å². The van der Waals surface area contributed by atoms with Crippen molar-refractivity contribution < 1.29 is 13.2 Å². The van der Waals surface area contributed by atoms with Gasteiger partial charge in [-0.1, -0.05) is 31.9 Å². The molecule has 23 heavy (non-hydrogen) atoms. The van der Waals surface area contributed by atoms with Crippen LogP contribution in [-0.2, 0) is 21.2 Å². The third kappa shape index (κ3) is 5.62. The number of amides is 1. The molecule has 1 fully saturated rings.